The van der Waals surface area contributed by atoms with Crippen molar-refractivity contribution in [3.63, 3.8) is 0 Å². The lowest BCUT2D eigenvalue weighted by Gasteiger charge is -2.09. The van der Waals surface area contributed by atoms with E-state index in [4.69, 9.17) is 0 Å². The molecule has 0 spiro atoms. The molecular weight excluding hydrogens is 220 g/mol. The van der Waals surface area contributed by atoms with Gasteiger partial charge in [-0.3, -0.25) is 0 Å². The van der Waals surface area contributed by atoms with E-state index in [0.717, 1.165) is 11.6 Å². The van der Waals surface area contributed by atoms with Crippen LogP contribution in [0.2, 0.25) is 0 Å². The minimum absolute atomic E-state index is 0.0647. The van der Waals surface area contributed by atoms with Gasteiger partial charge in [0.2, 0.25) is 0 Å². The lowest BCUT2D eigenvalue weighted by Crippen LogP contribution is -2.02. The zero-order valence-corrected chi connectivity index (χ0v) is 9.52. The minimum atomic E-state index is -0.627. The van der Waals surface area contributed by atoms with Gasteiger partial charge in [0.1, 0.15) is 17.1 Å². The second-order valence-electron chi connectivity index (χ2n) is 3.83. The van der Waals surface area contributed by atoms with Crippen LogP contribution in [0.25, 0.3) is 10.8 Å². The standard InChI is InChI=1S/C13H12O4/c1-7-3-4-8-9(5-7)12(13(16)17-2)11(15)6-10(8)14/h3-6,14-15H,1-2H3. The molecule has 2 rings (SSSR count). The van der Waals surface area contributed by atoms with Crippen molar-refractivity contribution < 1.29 is 19.7 Å². The smallest absolute Gasteiger partial charge is 0.342 e. The van der Waals surface area contributed by atoms with Gasteiger partial charge in [0.05, 0.1) is 7.11 Å². The second kappa shape index (κ2) is 3.97. The molecule has 0 saturated heterocycles. The van der Waals surface area contributed by atoms with E-state index in [1.54, 1.807) is 12.1 Å². The lowest BCUT2D eigenvalue weighted by molar-refractivity contribution is 0.0600. The Morgan fingerprint density at radius 2 is 1.82 bits per heavy atom. The van der Waals surface area contributed by atoms with Crippen molar-refractivity contribution in [3.8, 4) is 11.5 Å². The molecule has 2 aromatic rings. The number of methoxy groups -OCH3 is 1. The number of carbonyl (C=O) groups is 1. The maximum absolute atomic E-state index is 11.6. The molecule has 0 aromatic heterocycles. The number of esters is 1. The molecule has 4 nitrogen and oxygen atoms in total. The number of fused-ring (bicyclic) bond motifs is 1. The Hall–Kier alpha value is -2.23. The minimum Gasteiger partial charge on any atom is -0.507 e. The molecule has 2 aromatic carbocycles. The van der Waals surface area contributed by atoms with Crippen molar-refractivity contribution >= 4 is 16.7 Å². The van der Waals surface area contributed by atoms with E-state index in [1.165, 1.54) is 7.11 Å². The Labute approximate surface area is 98.1 Å². The van der Waals surface area contributed by atoms with Gasteiger partial charge in [0.15, 0.2) is 0 Å². The van der Waals surface area contributed by atoms with E-state index in [1.807, 2.05) is 13.0 Å². The number of hydrogen-bond donors (Lipinski definition) is 2. The topological polar surface area (TPSA) is 66.8 Å². The summed E-state index contributed by atoms with van der Waals surface area (Å²) in [4.78, 5) is 11.6. The van der Waals surface area contributed by atoms with Gasteiger partial charge in [-0.05, 0) is 6.92 Å². The molecule has 0 unspecified atom stereocenters. The molecule has 4 heteroatoms. The number of rotatable bonds is 1. The molecule has 0 aliphatic carbocycles. The normalized spacial score (nSPS) is 10.5. The lowest BCUT2D eigenvalue weighted by atomic mass is 10.0. The predicted octanol–water partition coefficient (Wildman–Crippen LogP) is 2.35. The molecule has 0 radical (unpaired) electrons. The van der Waals surface area contributed by atoms with Crippen molar-refractivity contribution in [1.29, 1.82) is 0 Å². The second-order valence-corrected chi connectivity index (χ2v) is 3.83. The molecule has 0 bridgehead atoms. The van der Waals surface area contributed by atoms with Gasteiger partial charge in [-0.25, -0.2) is 4.79 Å². The van der Waals surface area contributed by atoms with Crippen LogP contribution in [0, 0.1) is 6.92 Å². The molecule has 2 N–H and O–H groups in total. The quantitative estimate of drug-likeness (QED) is 0.740. The molecule has 88 valence electrons. The maximum Gasteiger partial charge on any atom is 0.342 e. The first kappa shape index (κ1) is 11.3. The summed E-state index contributed by atoms with van der Waals surface area (Å²) in [5, 5.41) is 20.4. The van der Waals surface area contributed by atoms with Crippen molar-refractivity contribution in [2.24, 2.45) is 0 Å². The Balaban J connectivity index is 2.90. The largest absolute Gasteiger partial charge is 0.507 e. The van der Waals surface area contributed by atoms with E-state index in [-0.39, 0.29) is 17.1 Å². The number of aryl methyl sites for hydroxylation is 1. The Bertz CT molecular complexity index is 602. The van der Waals surface area contributed by atoms with Crippen LogP contribution in [0.5, 0.6) is 11.5 Å². The fourth-order valence-electron chi connectivity index (χ4n) is 1.82. The van der Waals surface area contributed by atoms with E-state index in [9.17, 15) is 15.0 Å². The van der Waals surface area contributed by atoms with E-state index < -0.39 is 5.97 Å². The van der Waals surface area contributed by atoms with Crippen molar-refractivity contribution in [1.82, 2.24) is 0 Å². The SMILES string of the molecule is COC(=O)c1c(O)cc(O)c2ccc(C)cc12. The van der Waals surface area contributed by atoms with Crippen LogP contribution in [0.3, 0.4) is 0 Å². The summed E-state index contributed by atoms with van der Waals surface area (Å²) in [7, 11) is 1.25. The summed E-state index contributed by atoms with van der Waals surface area (Å²) in [6.45, 7) is 1.86. The summed E-state index contributed by atoms with van der Waals surface area (Å²) in [6, 6.07) is 6.39. The zero-order valence-electron chi connectivity index (χ0n) is 9.52. The molecular formula is C13H12O4. The molecule has 0 saturated carbocycles. The molecule has 0 amide bonds. The fraction of sp³-hybridized carbons (Fsp3) is 0.154. The van der Waals surface area contributed by atoms with Gasteiger partial charge in [0.25, 0.3) is 0 Å². The highest BCUT2D eigenvalue weighted by Gasteiger charge is 2.18. The van der Waals surface area contributed by atoms with E-state index in [2.05, 4.69) is 4.74 Å². The molecule has 0 aliphatic rings. The fourth-order valence-corrected chi connectivity index (χ4v) is 1.82. The summed E-state index contributed by atoms with van der Waals surface area (Å²) < 4.78 is 4.62. The van der Waals surface area contributed by atoms with Gasteiger partial charge in [-0.2, -0.15) is 0 Å². The molecule has 0 heterocycles. The zero-order chi connectivity index (χ0) is 12.6. The number of phenols is 2. The van der Waals surface area contributed by atoms with E-state index in [0.29, 0.717) is 10.8 Å². The average Bonchev–Trinajstić information content (AvgIpc) is 2.28. The van der Waals surface area contributed by atoms with Crippen LogP contribution >= 0.6 is 0 Å². The van der Waals surface area contributed by atoms with E-state index >= 15 is 0 Å². The molecule has 17 heavy (non-hydrogen) atoms. The third-order valence-corrected chi connectivity index (χ3v) is 2.64. The monoisotopic (exact) mass is 232 g/mol. The molecule has 0 aliphatic heterocycles. The predicted molar refractivity (Wildman–Crippen MR) is 63.4 cm³/mol. The van der Waals surface area contributed by atoms with Crippen LogP contribution in [0.4, 0.5) is 0 Å². The number of aromatic hydroxyl groups is 2. The summed E-state index contributed by atoms with van der Waals surface area (Å²) in [6.07, 6.45) is 0. The number of benzene rings is 2. The van der Waals surface area contributed by atoms with Crippen LogP contribution < -0.4 is 0 Å². The number of ether oxygens (including phenoxy) is 1. The number of carbonyl (C=O) groups excluding carboxylic acids is 1. The Morgan fingerprint density at radius 3 is 2.47 bits per heavy atom. The third-order valence-electron chi connectivity index (χ3n) is 2.64. The third kappa shape index (κ3) is 1.78. The molecule has 0 fully saturated rings. The highest BCUT2D eigenvalue weighted by atomic mass is 16.5. The first-order valence-electron chi connectivity index (χ1n) is 5.08. The van der Waals surface area contributed by atoms with Gasteiger partial charge in [0, 0.05) is 16.8 Å². The van der Waals surface area contributed by atoms with Crippen LogP contribution in [0.1, 0.15) is 15.9 Å². The summed E-state index contributed by atoms with van der Waals surface area (Å²) >= 11 is 0. The Kier molecular flexibility index (Phi) is 2.63. The van der Waals surface area contributed by atoms with Gasteiger partial charge in [-0.1, -0.05) is 23.8 Å². The first-order chi connectivity index (χ1) is 8.04. The number of hydrogen-bond acceptors (Lipinski definition) is 4. The van der Waals surface area contributed by atoms with Crippen LogP contribution in [-0.2, 0) is 4.74 Å². The number of phenolic OH excluding ortho intramolecular Hbond substituents is 2. The highest BCUT2D eigenvalue weighted by molar-refractivity contribution is 6.08. The van der Waals surface area contributed by atoms with Crippen LogP contribution in [-0.4, -0.2) is 23.3 Å². The van der Waals surface area contributed by atoms with Crippen LogP contribution in [0.15, 0.2) is 24.3 Å². The van der Waals surface area contributed by atoms with Gasteiger partial charge in [-0.15, -0.1) is 0 Å². The van der Waals surface area contributed by atoms with Crippen molar-refractivity contribution in [2.75, 3.05) is 7.11 Å². The summed E-state index contributed by atoms with van der Waals surface area (Å²) in [5.41, 5.74) is 0.997. The van der Waals surface area contributed by atoms with Gasteiger partial charge < -0.3 is 14.9 Å². The Morgan fingerprint density at radius 1 is 1.12 bits per heavy atom. The first-order valence-corrected chi connectivity index (χ1v) is 5.08. The van der Waals surface area contributed by atoms with Crippen molar-refractivity contribution in [3.05, 3.63) is 35.4 Å². The molecule has 0 atom stereocenters. The highest BCUT2D eigenvalue weighted by Crippen LogP contribution is 2.35. The van der Waals surface area contributed by atoms with Crippen molar-refractivity contribution in [2.45, 2.75) is 6.92 Å². The average molecular weight is 232 g/mol. The summed E-state index contributed by atoms with van der Waals surface area (Å²) in [5.74, 6) is -0.976. The maximum atomic E-state index is 11.6. The van der Waals surface area contributed by atoms with Gasteiger partial charge >= 0.3 is 5.97 Å².